The van der Waals surface area contributed by atoms with Crippen molar-refractivity contribution in [2.24, 2.45) is 11.3 Å². The molecule has 20 heavy (non-hydrogen) atoms. The Morgan fingerprint density at radius 2 is 1.75 bits per heavy atom. The van der Waals surface area contributed by atoms with Crippen molar-refractivity contribution in [2.75, 3.05) is 0 Å². The molecule has 0 bridgehead atoms. The van der Waals surface area contributed by atoms with Crippen molar-refractivity contribution in [2.45, 2.75) is 50.8 Å². The van der Waals surface area contributed by atoms with Crippen LogP contribution in [-0.4, -0.2) is 0 Å². The molecule has 1 atom stereocenters. The summed E-state index contributed by atoms with van der Waals surface area (Å²) in [4.78, 5) is -0.123. The van der Waals surface area contributed by atoms with E-state index in [0.29, 0.717) is 11.5 Å². The molecular weight excluding hydrogens is 390 g/mol. The van der Waals surface area contributed by atoms with Gasteiger partial charge in [0.15, 0.2) is 0 Å². The minimum Gasteiger partial charge on any atom is -0.207 e. The molecule has 0 saturated heterocycles. The first-order valence-electron chi connectivity index (χ1n) is 7.14. The third kappa shape index (κ3) is 3.27. The second-order valence-corrected chi connectivity index (χ2v) is 8.09. The number of halogens is 4. The molecule has 1 fully saturated rings. The van der Waals surface area contributed by atoms with Gasteiger partial charge in [0.1, 0.15) is 11.6 Å². The van der Waals surface area contributed by atoms with E-state index in [1.54, 1.807) is 0 Å². The maximum atomic E-state index is 14.2. The predicted octanol–water partition coefficient (Wildman–Crippen LogP) is 6.77. The van der Waals surface area contributed by atoms with Crippen molar-refractivity contribution in [3.63, 3.8) is 0 Å². The van der Waals surface area contributed by atoms with Gasteiger partial charge in [-0.25, -0.2) is 8.78 Å². The zero-order valence-electron chi connectivity index (χ0n) is 11.9. The van der Waals surface area contributed by atoms with E-state index in [1.807, 2.05) is 0 Å². The maximum absolute atomic E-state index is 14.2. The molecule has 1 aromatic carbocycles. The van der Waals surface area contributed by atoms with E-state index < -0.39 is 5.82 Å². The Hall–Kier alpha value is 0.0400. The van der Waals surface area contributed by atoms with E-state index in [4.69, 9.17) is 0 Å². The van der Waals surface area contributed by atoms with Crippen molar-refractivity contribution in [3.8, 4) is 0 Å². The lowest BCUT2D eigenvalue weighted by Gasteiger charge is -2.36. The zero-order chi connectivity index (χ0) is 14.9. The Kier molecular flexibility index (Phi) is 5.28. The fourth-order valence-electron chi connectivity index (χ4n) is 3.52. The number of rotatable bonds is 4. The normalized spacial score (nSPS) is 19.6. The summed E-state index contributed by atoms with van der Waals surface area (Å²) < 4.78 is 28.2. The van der Waals surface area contributed by atoms with Gasteiger partial charge in [-0.05, 0) is 58.7 Å². The van der Waals surface area contributed by atoms with Crippen LogP contribution in [0.1, 0.15) is 56.3 Å². The van der Waals surface area contributed by atoms with E-state index in [1.165, 1.54) is 25.0 Å². The first-order chi connectivity index (χ1) is 9.35. The Morgan fingerprint density at radius 1 is 1.15 bits per heavy atom. The van der Waals surface area contributed by atoms with Gasteiger partial charge in [-0.15, -0.1) is 0 Å². The van der Waals surface area contributed by atoms with Gasteiger partial charge in [0.25, 0.3) is 0 Å². The summed E-state index contributed by atoms with van der Waals surface area (Å²) in [6.45, 7) is 4.39. The van der Waals surface area contributed by atoms with Crippen LogP contribution in [0, 0.1) is 23.0 Å². The zero-order valence-corrected chi connectivity index (χ0v) is 15.0. The molecule has 0 N–H and O–H groups in total. The molecule has 1 unspecified atom stereocenters. The minimum absolute atomic E-state index is 0.0509. The van der Waals surface area contributed by atoms with Gasteiger partial charge >= 0.3 is 0 Å². The monoisotopic (exact) mass is 408 g/mol. The molecule has 1 aliphatic rings. The Labute approximate surface area is 136 Å². The van der Waals surface area contributed by atoms with E-state index >= 15 is 0 Å². The molecule has 0 aliphatic heterocycles. The summed E-state index contributed by atoms with van der Waals surface area (Å²) >= 11 is 6.72. The third-order valence-corrected chi connectivity index (χ3v) is 6.34. The fraction of sp³-hybridized carbons (Fsp3) is 0.625. The number of hydrogen-bond acceptors (Lipinski definition) is 0. The predicted molar refractivity (Wildman–Crippen MR) is 86.1 cm³/mol. The molecule has 0 amide bonds. The van der Waals surface area contributed by atoms with Gasteiger partial charge in [-0.3, -0.25) is 0 Å². The Morgan fingerprint density at radius 3 is 2.30 bits per heavy atom. The topological polar surface area (TPSA) is 0 Å². The van der Waals surface area contributed by atoms with E-state index in [2.05, 4.69) is 45.7 Å². The molecule has 2 rings (SSSR count). The van der Waals surface area contributed by atoms with Crippen LogP contribution in [0.3, 0.4) is 0 Å². The third-order valence-electron chi connectivity index (χ3n) is 4.26. The van der Waals surface area contributed by atoms with Crippen LogP contribution in [0.2, 0.25) is 0 Å². The van der Waals surface area contributed by atoms with Crippen molar-refractivity contribution >= 4 is 31.9 Å². The standard InChI is InChI=1S/C16H20Br2F2/c1-10(2)9-16(5-3-4-6-16)15(18)11-7-14(20)12(17)8-13(11)19/h7-8,10,15H,3-6,9H2,1-2H3. The van der Waals surface area contributed by atoms with Crippen molar-refractivity contribution < 1.29 is 8.78 Å². The molecule has 4 heteroatoms. The highest BCUT2D eigenvalue weighted by Crippen LogP contribution is 2.56. The average Bonchev–Trinajstić information content (AvgIpc) is 2.81. The van der Waals surface area contributed by atoms with Crippen LogP contribution in [0.25, 0.3) is 0 Å². The molecule has 0 aromatic heterocycles. The van der Waals surface area contributed by atoms with Gasteiger partial charge in [-0.2, -0.15) is 0 Å². The smallest absolute Gasteiger partial charge is 0.137 e. The van der Waals surface area contributed by atoms with Crippen LogP contribution < -0.4 is 0 Å². The Bertz CT molecular complexity index is 480. The molecule has 0 radical (unpaired) electrons. The van der Waals surface area contributed by atoms with Gasteiger partial charge in [0.05, 0.1) is 4.47 Å². The first kappa shape index (κ1) is 16.4. The summed E-state index contributed by atoms with van der Waals surface area (Å²) in [7, 11) is 0. The largest absolute Gasteiger partial charge is 0.207 e. The highest BCUT2D eigenvalue weighted by Gasteiger charge is 2.42. The average molecular weight is 410 g/mol. The highest BCUT2D eigenvalue weighted by atomic mass is 79.9. The quantitative estimate of drug-likeness (QED) is 0.380. The molecule has 112 valence electrons. The summed E-state index contributed by atoms with van der Waals surface area (Å²) in [5.74, 6) is -0.185. The fourth-order valence-corrected chi connectivity index (χ4v) is 4.83. The van der Waals surface area contributed by atoms with E-state index in [9.17, 15) is 8.78 Å². The molecular formula is C16H20Br2F2. The lowest BCUT2D eigenvalue weighted by Crippen LogP contribution is -2.25. The SMILES string of the molecule is CC(C)CC1(C(Br)c2cc(F)c(Br)cc2F)CCCC1. The van der Waals surface area contributed by atoms with Crippen LogP contribution in [0.4, 0.5) is 8.78 Å². The summed E-state index contributed by atoms with van der Waals surface area (Å²) in [6.07, 6.45) is 5.56. The van der Waals surface area contributed by atoms with Crippen molar-refractivity contribution in [3.05, 3.63) is 33.8 Å². The second kappa shape index (κ2) is 6.43. The van der Waals surface area contributed by atoms with Crippen LogP contribution in [-0.2, 0) is 0 Å². The van der Waals surface area contributed by atoms with Crippen molar-refractivity contribution in [1.82, 2.24) is 0 Å². The minimum atomic E-state index is -0.399. The van der Waals surface area contributed by atoms with Crippen LogP contribution in [0.15, 0.2) is 16.6 Å². The molecule has 1 saturated carbocycles. The first-order valence-corrected chi connectivity index (χ1v) is 8.85. The van der Waals surface area contributed by atoms with E-state index in [-0.39, 0.29) is 20.5 Å². The summed E-state index contributed by atoms with van der Waals surface area (Å²) in [6, 6.07) is 2.57. The van der Waals surface area contributed by atoms with Gasteiger partial charge in [0.2, 0.25) is 0 Å². The summed E-state index contributed by atoms with van der Waals surface area (Å²) in [5, 5.41) is 0. The number of benzene rings is 1. The maximum Gasteiger partial charge on any atom is 0.137 e. The molecule has 0 spiro atoms. The number of hydrogen-bond donors (Lipinski definition) is 0. The molecule has 0 nitrogen and oxygen atoms in total. The van der Waals surface area contributed by atoms with Gasteiger partial charge in [0, 0.05) is 10.4 Å². The molecule has 0 heterocycles. The lowest BCUT2D eigenvalue weighted by molar-refractivity contribution is 0.227. The van der Waals surface area contributed by atoms with Crippen LogP contribution >= 0.6 is 31.9 Å². The second-order valence-electron chi connectivity index (χ2n) is 6.32. The van der Waals surface area contributed by atoms with Gasteiger partial charge < -0.3 is 0 Å². The molecule has 1 aliphatic carbocycles. The summed E-state index contributed by atoms with van der Waals surface area (Å²) in [5.41, 5.74) is 0.503. The molecule has 1 aromatic rings. The van der Waals surface area contributed by atoms with E-state index in [0.717, 1.165) is 19.3 Å². The lowest BCUT2D eigenvalue weighted by atomic mass is 9.74. The number of alkyl halides is 1. The van der Waals surface area contributed by atoms with Crippen LogP contribution in [0.5, 0.6) is 0 Å². The highest BCUT2D eigenvalue weighted by molar-refractivity contribution is 9.10. The Balaban J connectivity index is 2.37. The van der Waals surface area contributed by atoms with Gasteiger partial charge in [-0.1, -0.05) is 42.6 Å². The van der Waals surface area contributed by atoms with Crippen molar-refractivity contribution in [1.29, 1.82) is 0 Å².